The summed E-state index contributed by atoms with van der Waals surface area (Å²) in [5.41, 5.74) is 2.26. The van der Waals surface area contributed by atoms with Crippen molar-refractivity contribution in [3.05, 3.63) is 65.2 Å². The Labute approximate surface area is 227 Å². The first-order chi connectivity index (χ1) is 18.1. The zero-order valence-electron chi connectivity index (χ0n) is 22.4. The van der Waals surface area contributed by atoms with E-state index in [2.05, 4.69) is 15.5 Å². The molecule has 2 heterocycles. The minimum Gasteiger partial charge on any atom is -0.497 e. The number of fused-ring (bicyclic) bond motifs is 3. The summed E-state index contributed by atoms with van der Waals surface area (Å²) in [6.07, 6.45) is -0.152. The van der Waals surface area contributed by atoms with Crippen LogP contribution in [-0.4, -0.2) is 67.7 Å². The summed E-state index contributed by atoms with van der Waals surface area (Å²) in [7, 11) is 1.63. The quantitative estimate of drug-likeness (QED) is 0.338. The fourth-order valence-corrected chi connectivity index (χ4v) is 5.27. The molecule has 1 unspecified atom stereocenters. The molecule has 3 N–H and O–H groups in total. The van der Waals surface area contributed by atoms with E-state index in [1.165, 1.54) is 0 Å². The molecular weight excluding hydrogens is 502 g/mol. The van der Waals surface area contributed by atoms with E-state index in [4.69, 9.17) is 9.73 Å². The summed E-state index contributed by atoms with van der Waals surface area (Å²) in [4.78, 5) is 18.8. The summed E-state index contributed by atoms with van der Waals surface area (Å²) in [6.45, 7) is 7.54. The normalized spacial score (nSPS) is 15.7. The van der Waals surface area contributed by atoms with Crippen LogP contribution >= 0.6 is 11.8 Å². The lowest BCUT2D eigenvalue weighted by Gasteiger charge is -2.24. The molecule has 1 amide bonds. The Balaban J connectivity index is 1.71. The van der Waals surface area contributed by atoms with Gasteiger partial charge in [0.15, 0.2) is 5.82 Å². The predicted octanol–water partition coefficient (Wildman–Crippen LogP) is 3.62. The molecule has 202 valence electrons. The fraction of sp³-hybridized carbons (Fsp3) is 0.429. The molecule has 0 bridgehead atoms. The summed E-state index contributed by atoms with van der Waals surface area (Å²) in [6, 6.07) is 13.4. The van der Waals surface area contributed by atoms with Crippen molar-refractivity contribution in [3.8, 4) is 11.4 Å². The molecular formula is C28H35N5O4S. The number of benzene rings is 2. The maximum atomic E-state index is 12.6. The largest absolute Gasteiger partial charge is 0.497 e. The molecule has 3 aromatic rings. The molecule has 0 aliphatic carbocycles. The molecule has 10 heteroatoms. The Bertz CT molecular complexity index is 1310. The van der Waals surface area contributed by atoms with Crippen molar-refractivity contribution >= 4 is 23.4 Å². The van der Waals surface area contributed by atoms with E-state index in [9.17, 15) is 15.0 Å². The first-order valence-electron chi connectivity index (χ1n) is 12.7. The van der Waals surface area contributed by atoms with Crippen LogP contribution in [0, 0.1) is 6.92 Å². The molecule has 38 heavy (non-hydrogen) atoms. The lowest BCUT2D eigenvalue weighted by Crippen LogP contribution is -2.36. The zero-order valence-corrected chi connectivity index (χ0v) is 23.2. The minimum absolute atomic E-state index is 0.101. The van der Waals surface area contributed by atoms with Crippen LogP contribution in [0.3, 0.4) is 0 Å². The maximum absolute atomic E-state index is 12.6. The minimum atomic E-state index is -1.12. The van der Waals surface area contributed by atoms with E-state index >= 15 is 0 Å². The predicted molar refractivity (Wildman–Crippen MR) is 148 cm³/mol. The van der Waals surface area contributed by atoms with Gasteiger partial charge in [0.25, 0.3) is 0 Å². The van der Waals surface area contributed by atoms with Gasteiger partial charge in [-0.2, -0.15) is 0 Å². The Morgan fingerprint density at radius 3 is 2.61 bits per heavy atom. The Hall–Kier alpha value is -3.21. The standard InChI is InChI=1S/C28H35N5O4S/c1-6-29-25(35)16-22-27-32-31-17(2)33(27)23-12-9-19(37-5)15-21(23)26(30-22)18-7-10-20(11-8-18)38-14-13-24(34)28(3,4)36/h7-12,15,22,24,34,36H,6,13-14,16H2,1-5H3,(H,29,35)/t22-,24?/m0/s1. The highest BCUT2D eigenvalue weighted by molar-refractivity contribution is 7.99. The number of methoxy groups -OCH3 is 1. The number of hydrogen-bond acceptors (Lipinski definition) is 8. The molecule has 2 atom stereocenters. The van der Waals surface area contributed by atoms with Gasteiger partial charge in [0, 0.05) is 28.3 Å². The van der Waals surface area contributed by atoms with Gasteiger partial charge in [-0.05, 0) is 64.4 Å². The average molecular weight is 538 g/mol. The highest BCUT2D eigenvalue weighted by atomic mass is 32.2. The van der Waals surface area contributed by atoms with E-state index in [0.717, 1.165) is 27.4 Å². The van der Waals surface area contributed by atoms with Crippen LogP contribution in [0.15, 0.2) is 52.4 Å². The molecule has 1 aliphatic heterocycles. The lowest BCUT2D eigenvalue weighted by molar-refractivity contribution is -0.121. The highest BCUT2D eigenvalue weighted by Crippen LogP contribution is 2.34. The molecule has 9 nitrogen and oxygen atoms in total. The third kappa shape index (κ3) is 6.09. The number of hydrogen-bond donors (Lipinski definition) is 3. The summed E-state index contributed by atoms with van der Waals surface area (Å²) in [5.74, 6) is 2.60. The van der Waals surface area contributed by atoms with Crippen molar-refractivity contribution in [2.75, 3.05) is 19.4 Å². The van der Waals surface area contributed by atoms with E-state index < -0.39 is 17.7 Å². The van der Waals surface area contributed by atoms with Crippen molar-refractivity contribution in [2.24, 2.45) is 4.99 Å². The SMILES string of the molecule is CCNC(=O)C[C@@H]1N=C(c2ccc(SCCC(O)C(C)(C)O)cc2)c2cc(OC)ccc2-n2c(C)nnc21. The zero-order chi connectivity index (χ0) is 27.4. The van der Waals surface area contributed by atoms with Gasteiger partial charge in [-0.15, -0.1) is 22.0 Å². The monoisotopic (exact) mass is 537 g/mol. The number of aryl methyl sites for hydroxylation is 1. The maximum Gasteiger partial charge on any atom is 0.222 e. The summed E-state index contributed by atoms with van der Waals surface area (Å²) in [5, 5.41) is 31.6. The van der Waals surface area contributed by atoms with Gasteiger partial charge in [0.05, 0.1) is 36.6 Å². The Morgan fingerprint density at radius 2 is 1.95 bits per heavy atom. The molecule has 0 radical (unpaired) electrons. The van der Waals surface area contributed by atoms with E-state index in [1.807, 2.05) is 60.9 Å². The molecule has 4 rings (SSSR count). The van der Waals surface area contributed by atoms with Gasteiger partial charge in [-0.3, -0.25) is 14.4 Å². The number of aliphatic hydroxyl groups excluding tert-OH is 1. The number of nitrogens with zero attached hydrogens (tertiary/aromatic N) is 4. The van der Waals surface area contributed by atoms with Crippen molar-refractivity contribution in [1.82, 2.24) is 20.1 Å². The number of aromatic nitrogens is 3. The van der Waals surface area contributed by atoms with Gasteiger partial charge < -0.3 is 20.3 Å². The van der Waals surface area contributed by atoms with Crippen LogP contribution in [0.2, 0.25) is 0 Å². The molecule has 1 aromatic heterocycles. The number of carbonyl (C=O) groups excluding carboxylic acids is 1. The van der Waals surface area contributed by atoms with Gasteiger partial charge in [-0.25, -0.2) is 0 Å². The van der Waals surface area contributed by atoms with Gasteiger partial charge in [-0.1, -0.05) is 12.1 Å². The second-order valence-corrected chi connectivity index (χ2v) is 11.0. The molecule has 0 fully saturated rings. The first-order valence-corrected chi connectivity index (χ1v) is 13.7. The highest BCUT2D eigenvalue weighted by Gasteiger charge is 2.30. The van der Waals surface area contributed by atoms with Gasteiger partial charge in [0.1, 0.15) is 17.6 Å². The van der Waals surface area contributed by atoms with E-state index in [-0.39, 0.29) is 12.3 Å². The van der Waals surface area contributed by atoms with Crippen LogP contribution in [0.5, 0.6) is 5.75 Å². The first kappa shape index (κ1) is 27.8. The topological polar surface area (TPSA) is 122 Å². The molecule has 0 saturated carbocycles. The van der Waals surface area contributed by atoms with E-state index in [1.54, 1.807) is 32.7 Å². The van der Waals surface area contributed by atoms with Gasteiger partial charge in [0.2, 0.25) is 5.91 Å². The van der Waals surface area contributed by atoms with Crippen LogP contribution in [-0.2, 0) is 4.79 Å². The number of aliphatic imine (C=N–C) groups is 1. The molecule has 0 saturated heterocycles. The number of aliphatic hydroxyl groups is 2. The number of thioether (sulfide) groups is 1. The van der Waals surface area contributed by atoms with Crippen LogP contribution in [0.25, 0.3) is 5.69 Å². The summed E-state index contributed by atoms with van der Waals surface area (Å²) < 4.78 is 7.50. The van der Waals surface area contributed by atoms with Gasteiger partial charge >= 0.3 is 0 Å². The third-order valence-electron chi connectivity index (χ3n) is 6.49. The van der Waals surface area contributed by atoms with Crippen LogP contribution < -0.4 is 10.1 Å². The van der Waals surface area contributed by atoms with E-state index in [0.29, 0.717) is 36.1 Å². The molecule has 0 spiro atoms. The Morgan fingerprint density at radius 1 is 1.21 bits per heavy atom. The average Bonchev–Trinajstić information content (AvgIpc) is 3.21. The van der Waals surface area contributed by atoms with Crippen molar-refractivity contribution < 1.29 is 19.7 Å². The van der Waals surface area contributed by atoms with Crippen LogP contribution in [0.4, 0.5) is 0 Å². The van der Waals surface area contributed by atoms with Crippen molar-refractivity contribution in [1.29, 1.82) is 0 Å². The van der Waals surface area contributed by atoms with Crippen LogP contribution in [0.1, 0.15) is 62.4 Å². The molecule has 2 aromatic carbocycles. The number of ether oxygens (including phenoxy) is 1. The number of nitrogens with one attached hydrogen (secondary N) is 1. The fourth-order valence-electron chi connectivity index (χ4n) is 4.36. The number of carbonyl (C=O) groups is 1. The number of amides is 1. The number of rotatable bonds is 10. The smallest absolute Gasteiger partial charge is 0.222 e. The molecule has 1 aliphatic rings. The van der Waals surface area contributed by atoms with Crippen molar-refractivity contribution in [3.63, 3.8) is 0 Å². The summed E-state index contributed by atoms with van der Waals surface area (Å²) >= 11 is 1.62. The third-order valence-corrected chi connectivity index (χ3v) is 7.53. The van der Waals surface area contributed by atoms with Crippen molar-refractivity contribution in [2.45, 2.75) is 63.2 Å². The second kappa shape index (κ2) is 11.7. The second-order valence-electron chi connectivity index (χ2n) is 9.81. The Kier molecular flexibility index (Phi) is 8.54. The lowest BCUT2D eigenvalue weighted by atomic mass is 10.00.